The van der Waals surface area contributed by atoms with Crippen LogP contribution in [-0.4, -0.2) is 29.3 Å². The average Bonchev–Trinajstić information content (AvgIpc) is 2.53. The molecule has 0 saturated carbocycles. The molecule has 2 heterocycles. The van der Waals surface area contributed by atoms with E-state index in [-0.39, 0.29) is 5.92 Å². The maximum atomic E-state index is 10.7. The number of ether oxygens (including phenoxy) is 1. The summed E-state index contributed by atoms with van der Waals surface area (Å²) >= 11 is 0. The van der Waals surface area contributed by atoms with Crippen LogP contribution in [0.1, 0.15) is 17.9 Å². The van der Waals surface area contributed by atoms with Gasteiger partial charge in [0.05, 0.1) is 6.61 Å². The average molecular weight is 284 g/mol. The van der Waals surface area contributed by atoms with Crippen LogP contribution < -0.4 is 10.1 Å². The molecule has 2 aromatic rings. The van der Waals surface area contributed by atoms with E-state index in [9.17, 15) is 4.79 Å². The number of aromatic nitrogens is 1. The number of amides is 1. The van der Waals surface area contributed by atoms with Crippen molar-refractivity contribution in [3.05, 3.63) is 48.3 Å². The standard InChI is InChI=1S/C16H16N2O3/c19-16(20)18-10-12-6-9-21-15-13(2-1-3-14(12)15)11-4-7-17-8-5-11/h1-5,7-8,12,18H,6,9-10H2,(H,19,20). The van der Waals surface area contributed by atoms with Crippen LogP contribution in [0, 0.1) is 0 Å². The van der Waals surface area contributed by atoms with Crippen molar-refractivity contribution < 1.29 is 14.6 Å². The number of nitrogens with zero attached hydrogens (tertiary/aromatic N) is 1. The second-order valence-corrected chi connectivity index (χ2v) is 4.98. The summed E-state index contributed by atoms with van der Waals surface area (Å²) in [7, 11) is 0. The molecule has 0 radical (unpaired) electrons. The first-order valence-corrected chi connectivity index (χ1v) is 6.88. The normalized spacial score (nSPS) is 16.7. The molecule has 5 nitrogen and oxygen atoms in total. The molecule has 1 amide bonds. The van der Waals surface area contributed by atoms with Gasteiger partial charge in [0.2, 0.25) is 0 Å². The Hall–Kier alpha value is -2.56. The minimum absolute atomic E-state index is 0.145. The lowest BCUT2D eigenvalue weighted by molar-refractivity contribution is 0.191. The Balaban J connectivity index is 1.96. The molecule has 1 unspecified atom stereocenters. The third kappa shape index (κ3) is 2.81. The zero-order valence-corrected chi connectivity index (χ0v) is 11.5. The molecule has 108 valence electrons. The van der Waals surface area contributed by atoms with Gasteiger partial charge < -0.3 is 15.2 Å². The Morgan fingerprint density at radius 3 is 2.90 bits per heavy atom. The van der Waals surface area contributed by atoms with Crippen LogP contribution in [0.15, 0.2) is 42.7 Å². The summed E-state index contributed by atoms with van der Waals surface area (Å²) in [5, 5.41) is 11.2. The number of benzene rings is 1. The molecule has 1 aliphatic heterocycles. The van der Waals surface area contributed by atoms with Crippen LogP contribution in [0.3, 0.4) is 0 Å². The Kier molecular flexibility index (Phi) is 3.73. The molecular formula is C16H16N2O3. The lowest BCUT2D eigenvalue weighted by atomic mass is 9.90. The number of rotatable bonds is 3. The Morgan fingerprint density at radius 2 is 2.14 bits per heavy atom. The second-order valence-electron chi connectivity index (χ2n) is 4.98. The molecule has 0 bridgehead atoms. The molecule has 0 saturated heterocycles. The molecule has 1 aliphatic rings. The molecule has 0 aliphatic carbocycles. The minimum atomic E-state index is -0.992. The van der Waals surface area contributed by atoms with Crippen molar-refractivity contribution in [2.24, 2.45) is 0 Å². The smallest absolute Gasteiger partial charge is 0.404 e. The highest BCUT2D eigenvalue weighted by Gasteiger charge is 2.24. The van der Waals surface area contributed by atoms with Crippen LogP contribution in [0.5, 0.6) is 5.75 Å². The minimum Gasteiger partial charge on any atom is -0.493 e. The van der Waals surface area contributed by atoms with E-state index in [1.54, 1.807) is 12.4 Å². The fourth-order valence-electron chi connectivity index (χ4n) is 2.68. The molecule has 0 fully saturated rings. The molecular weight excluding hydrogens is 268 g/mol. The predicted molar refractivity (Wildman–Crippen MR) is 78.6 cm³/mol. The number of pyridine rings is 1. The molecule has 5 heteroatoms. The first-order valence-electron chi connectivity index (χ1n) is 6.88. The summed E-state index contributed by atoms with van der Waals surface area (Å²) in [4.78, 5) is 14.7. The van der Waals surface area contributed by atoms with E-state index in [4.69, 9.17) is 9.84 Å². The highest BCUT2D eigenvalue weighted by molar-refractivity contribution is 5.72. The van der Waals surface area contributed by atoms with Crippen LogP contribution in [-0.2, 0) is 0 Å². The number of carbonyl (C=O) groups is 1. The van der Waals surface area contributed by atoms with Gasteiger partial charge in [-0.2, -0.15) is 0 Å². The molecule has 0 spiro atoms. The number of para-hydroxylation sites is 1. The quantitative estimate of drug-likeness (QED) is 0.909. The van der Waals surface area contributed by atoms with Crippen molar-refractivity contribution in [3.8, 4) is 16.9 Å². The second kappa shape index (κ2) is 5.83. The third-order valence-electron chi connectivity index (χ3n) is 3.69. The van der Waals surface area contributed by atoms with Crippen molar-refractivity contribution in [2.75, 3.05) is 13.2 Å². The van der Waals surface area contributed by atoms with E-state index in [0.717, 1.165) is 28.9 Å². The van der Waals surface area contributed by atoms with Crippen molar-refractivity contribution in [1.29, 1.82) is 0 Å². The Morgan fingerprint density at radius 1 is 1.33 bits per heavy atom. The van der Waals surface area contributed by atoms with Gasteiger partial charge in [-0.3, -0.25) is 4.98 Å². The van der Waals surface area contributed by atoms with Crippen molar-refractivity contribution in [3.63, 3.8) is 0 Å². The van der Waals surface area contributed by atoms with E-state index in [2.05, 4.69) is 10.3 Å². The van der Waals surface area contributed by atoms with Crippen LogP contribution in [0.4, 0.5) is 4.79 Å². The van der Waals surface area contributed by atoms with Crippen LogP contribution >= 0.6 is 0 Å². The molecule has 1 aromatic carbocycles. The highest BCUT2D eigenvalue weighted by Crippen LogP contribution is 2.40. The van der Waals surface area contributed by atoms with Gasteiger partial charge in [-0.15, -0.1) is 0 Å². The zero-order chi connectivity index (χ0) is 14.7. The van der Waals surface area contributed by atoms with Crippen LogP contribution in [0.2, 0.25) is 0 Å². The maximum absolute atomic E-state index is 10.7. The summed E-state index contributed by atoms with van der Waals surface area (Å²) < 4.78 is 5.85. The van der Waals surface area contributed by atoms with Gasteiger partial charge in [0.1, 0.15) is 5.75 Å². The van der Waals surface area contributed by atoms with E-state index in [0.29, 0.717) is 13.2 Å². The van der Waals surface area contributed by atoms with E-state index >= 15 is 0 Å². The zero-order valence-electron chi connectivity index (χ0n) is 11.5. The highest BCUT2D eigenvalue weighted by atomic mass is 16.5. The van der Waals surface area contributed by atoms with E-state index < -0.39 is 6.09 Å². The van der Waals surface area contributed by atoms with Gasteiger partial charge in [-0.1, -0.05) is 18.2 Å². The van der Waals surface area contributed by atoms with Gasteiger partial charge in [-0.25, -0.2) is 4.79 Å². The summed E-state index contributed by atoms with van der Waals surface area (Å²) in [6.07, 6.45) is 3.32. The predicted octanol–water partition coefficient (Wildman–Crippen LogP) is 2.88. The number of hydrogen-bond donors (Lipinski definition) is 2. The van der Waals surface area contributed by atoms with Crippen LogP contribution in [0.25, 0.3) is 11.1 Å². The first-order chi connectivity index (χ1) is 10.3. The summed E-state index contributed by atoms with van der Waals surface area (Å²) in [5.74, 6) is 0.999. The molecule has 1 atom stereocenters. The third-order valence-corrected chi connectivity index (χ3v) is 3.69. The Bertz CT molecular complexity index is 643. The number of hydrogen-bond acceptors (Lipinski definition) is 3. The first kappa shape index (κ1) is 13.4. The number of fused-ring (bicyclic) bond motifs is 1. The van der Waals surface area contributed by atoms with Crippen molar-refractivity contribution in [1.82, 2.24) is 10.3 Å². The van der Waals surface area contributed by atoms with Crippen molar-refractivity contribution >= 4 is 6.09 Å². The molecule has 21 heavy (non-hydrogen) atoms. The van der Waals surface area contributed by atoms with Gasteiger partial charge in [0.15, 0.2) is 0 Å². The van der Waals surface area contributed by atoms with E-state index in [1.807, 2.05) is 30.3 Å². The molecule has 3 rings (SSSR count). The summed E-state index contributed by atoms with van der Waals surface area (Å²) in [6, 6.07) is 9.89. The van der Waals surface area contributed by atoms with Gasteiger partial charge >= 0.3 is 6.09 Å². The topological polar surface area (TPSA) is 71.5 Å². The summed E-state index contributed by atoms with van der Waals surface area (Å²) in [5.41, 5.74) is 3.13. The number of carboxylic acid groups (broad SMARTS) is 1. The largest absolute Gasteiger partial charge is 0.493 e. The SMILES string of the molecule is O=C(O)NCC1CCOc2c(-c3ccncc3)cccc21. The van der Waals surface area contributed by atoms with Gasteiger partial charge in [0.25, 0.3) is 0 Å². The molecule has 1 aromatic heterocycles. The fraction of sp³-hybridized carbons (Fsp3) is 0.250. The van der Waals surface area contributed by atoms with Crippen molar-refractivity contribution in [2.45, 2.75) is 12.3 Å². The summed E-state index contributed by atoms with van der Waals surface area (Å²) in [6.45, 7) is 1.01. The Labute approximate surface area is 122 Å². The van der Waals surface area contributed by atoms with Gasteiger partial charge in [-0.05, 0) is 29.7 Å². The monoisotopic (exact) mass is 284 g/mol. The lowest BCUT2D eigenvalue weighted by Gasteiger charge is -2.27. The van der Waals surface area contributed by atoms with E-state index in [1.165, 1.54) is 0 Å². The fourth-order valence-corrected chi connectivity index (χ4v) is 2.68. The molecule has 2 N–H and O–H groups in total. The lowest BCUT2D eigenvalue weighted by Crippen LogP contribution is -2.29. The maximum Gasteiger partial charge on any atom is 0.404 e. The number of nitrogens with one attached hydrogen (secondary N) is 1. The van der Waals surface area contributed by atoms with Gasteiger partial charge in [0, 0.05) is 30.4 Å².